The van der Waals surface area contributed by atoms with Crippen LogP contribution in [0.4, 0.5) is 0 Å². The average molecular weight is 313 g/mol. The molecule has 0 spiro atoms. The van der Waals surface area contributed by atoms with Crippen LogP contribution in [0.3, 0.4) is 0 Å². The van der Waals surface area contributed by atoms with E-state index in [0.29, 0.717) is 5.88 Å². The van der Waals surface area contributed by atoms with E-state index in [1.54, 1.807) is 11.3 Å². The van der Waals surface area contributed by atoms with Gasteiger partial charge >= 0.3 is 0 Å². The predicted molar refractivity (Wildman–Crippen MR) is 83.1 cm³/mol. The van der Waals surface area contributed by atoms with Gasteiger partial charge in [-0.05, 0) is 24.3 Å². The highest BCUT2D eigenvalue weighted by Gasteiger charge is 2.28. The van der Waals surface area contributed by atoms with Crippen molar-refractivity contribution >= 4 is 34.3 Å². The monoisotopic (exact) mass is 312 g/mol. The lowest BCUT2D eigenvalue weighted by atomic mass is 10.3. The topological polar surface area (TPSA) is 16.1 Å². The van der Waals surface area contributed by atoms with E-state index in [2.05, 4.69) is 32.8 Å². The fourth-order valence-corrected chi connectivity index (χ4v) is 3.94. The lowest BCUT2D eigenvalue weighted by molar-refractivity contribution is 0.260. The van der Waals surface area contributed by atoms with Gasteiger partial charge in [-0.2, -0.15) is 0 Å². The molecule has 0 saturated heterocycles. The second kappa shape index (κ2) is 6.35. The maximum Gasteiger partial charge on any atom is 0.0941 e. The van der Waals surface area contributed by atoms with Crippen LogP contribution in [0, 0.1) is 0 Å². The number of thiophene rings is 1. The normalized spacial score (nSPS) is 15.3. The number of nitrogens with zero attached hydrogens (tertiary/aromatic N) is 2. The van der Waals surface area contributed by atoms with Gasteiger partial charge in [-0.1, -0.05) is 6.07 Å². The van der Waals surface area contributed by atoms with Crippen molar-refractivity contribution in [3.63, 3.8) is 0 Å². The summed E-state index contributed by atoms with van der Waals surface area (Å²) in [7, 11) is 0. The molecule has 0 N–H and O–H groups in total. The summed E-state index contributed by atoms with van der Waals surface area (Å²) in [5, 5.41) is 5.45. The van der Waals surface area contributed by atoms with Gasteiger partial charge in [-0.15, -0.1) is 34.3 Å². The first kappa shape index (κ1) is 13.6. The predicted octanol–water partition coefficient (Wildman–Crippen LogP) is 4.15. The highest BCUT2D eigenvalue weighted by molar-refractivity contribution is 7.10. The number of hydrogen-bond donors (Lipinski definition) is 0. The second-order valence-electron chi connectivity index (χ2n) is 4.90. The summed E-state index contributed by atoms with van der Waals surface area (Å²) in [5.74, 6) is 0.526. The van der Waals surface area contributed by atoms with Crippen LogP contribution in [-0.4, -0.2) is 22.5 Å². The van der Waals surface area contributed by atoms with Gasteiger partial charge in [0.1, 0.15) is 0 Å². The molecule has 0 atom stereocenters. The van der Waals surface area contributed by atoms with Crippen LogP contribution in [0.15, 0.2) is 22.9 Å². The third kappa shape index (κ3) is 3.78. The molecule has 102 valence electrons. The van der Waals surface area contributed by atoms with Gasteiger partial charge in [0.15, 0.2) is 0 Å². The van der Waals surface area contributed by atoms with Crippen molar-refractivity contribution < 1.29 is 0 Å². The van der Waals surface area contributed by atoms with Crippen LogP contribution in [0.5, 0.6) is 0 Å². The summed E-state index contributed by atoms with van der Waals surface area (Å²) in [6.45, 7) is 2.20. The van der Waals surface area contributed by atoms with E-state index in [4.69, 9.17) is 11.6 Å². The zero-order valence-corrected chi connectivity index (χ0v) is 13.1. The van der Waals surface area contributed by atoms with E-state index in [1.165, 1.54) is 22.7 Å². The molecule has 19 heavy (non-hydrogen) atoms. The minimum absolute atomic E-state index is 0.526. The second-order valence-corrected chi connectivity index (χ2v) is 7.14. The standard InChI is InChI=1S/C14H17ClN2S2/c15-8-11-10-19-14(16-11)5-6-17(12-3-4-12)9-13-2-1-7-18-13/h1-2,7,10,12H,3-6,8-9H2. The van der Waals surface area contributed by atoms with Crippen LogP contribution in [0.2, 0.25) is 0 Å². The Labute approximate surface area is 127 Å². The molecule has 0 unspecified atom stereocenters. The Morgan fingerprint density at radius 1 is 1.37 bits per heavy atom. The van der Waals surface area contributed by atoms with Gasteiger partial charge in [0, 0.05) is 35.8 Å². The van der Waals surface area contributed by atoms with E-state index >= 15 is 0 Å². The van der Waals surface area contributed by atoms with Gasteiger partial charge < -0.3 is 0 Å². The quantitative estimate of drug-likeness (QED) is 0.714. The summed E-state index contributed by atoms with van der Waals surface area (Å²) >= 11 is 9.38. The number of rotatable bonds is 7. The van der Waals surface area contributed by atoms with Gasteiger partial charge in [0.25, 0.3) is 0 Å². The van der Waals surface area contributed by atoms with E-state index in [9.17, 15) is 0 Å². The maximum absolute atomic E-state index is 5.79. The van der Waals surface area contributed by atoms with Crippen molar-refractivity contribution in [2.75, 3.05) is 6.54 Å². The molecule has 3 rings (SSSR count). The van der Waals surface area contributed by atoms with Gasteiger partial charge in [-0.25, -0.2) is 4.98 Å². The Kier molecular flexibility index (Phi) is 4.53. The van der Waals surface area contributed by atoms with Crippen molar-refractivity contribution in [3.8, 4) is 0 Å². The molecule has 2 nitrogen and oxygen atoms in total. The van der Waals surface area contributed by atoms with E-state index < -0.39 is 0 Å². The highest BCUT2D eigenvalue weighted by atomic mass is 35.5. The van der Waals surface area contributed by atoms with Crippen LogP contribution in [0.25, 0.3) is 0 Å². The molecule has 0 bridgehead atoms. The minimum atomic E-state index is 0.526. The molecule has 0 aromatic carbocycles. The SMILES string of the molecule is ClCc1csc(CCN(Cc2cccs2)C2CC2)n1. The Hall–Kier alpha value is -0.420. The summed E-state index contributed by atoms with van der Waals surface area (Å²) in [6.07, 6.45) is 3.76. The third-order valence-electron chi connectivity index (χ3n) is 3.35. The van der Waals surface area contributed by atoms with Crippen molar-refractivity contribution in [1.82, 2.24) is 9.88 Å². The Morgan fingerprint density at radius 3 is 2.89 bits per heavy atom. The number of aromatic nitrogens is 1. The van der Waals surface area contributed by atoms with Gasteiger partial charge in [0.2, 0.25) is 0 Å². The Morgan fingerprint density at radius 2 is 2.26 bits per heavy atom. The largest absolute Gasteiger partial charge is 0.295 e. The molecular formula is C14H17ClN2S2. The molecule has 1 saturated carbocycles. The molecule has 2 aromatic rings. The number of alkyl halides is 1. The average Bonchev–Trinajstić information content (AvgIpc) is 2.97. The lowest BCUT2D eigenvalue weighted by Gasteiger charge is -2.20. The first-order valence-corrected chi connectivity index (χ1v) is 8.90. The highest BCUT2D eigenvalue weighted by Crippen LogP contribution is 2.29. The Balaban J connectivity index is 1.56. The maximum atomic E-state index is 5.79. The van der Waals surface area contributed by atoms with Gasteiger partial charge in [-0.3, -0.25) is 4.90 Å². The van der Waals surface area contributed by atoms with E-state index in [-0.39, 0.29) is 0 Å². The molecule has 0 aliphatic heterocycles. The molecule has 1 fully saturated rings. The van der Waals surface area contributed by atoms with Gasteiger partial charge in [0.05, 0.1) is 16.6 Å². The molecule has 0 amide bonds. The van der Waals surface area contributed by atoms with Crippen LogP contribution in [-0.2, 0) is 18.8 Å². The fraction of sp³-hybridized carbons (Fsp3) is 0.500. The minimum Gasteiger partial charge on any atom is -0.295 e. The lowest BCUT2D eigenvalue weighted by Crippen LogP contribution is -2.27. The molecule has 2 aromatic heterocycles. The number of thiazole rings is 1. The van der Waals surface area contributed by atoms with Crippen molar-refractivity contribution in [2.45, 2.75) is 37.7 Å². The number of halogens is 1. The van der Waals surface area contributed by atoms with Crippen LogP contribution < -0.4 is 0 Å². The third-order valence-corrected chi connectivity index (χ3v) is 5.44. The van der Waals surface area contributed by atoms with Crippen molar-refractivity contribution in [3.05, 3.63) is 38.5 Å². The first-order valence-electron chi connectivity index (χ1n) is 6.61. The zero-order chi connectivity index (χ0) is 13.1. The molecular weight excluding hydrogens is 296 g/mol. The molecule has 1 aliphatic rings. The molecule has 5 heteroatoms. The van der Waals surface area contributed by atoms with Crippen LogP contribution in [0.1, 0.15) is 28.4 Å². The van der Waals surface area contributed by atoms with Crippen LogP contribution >= 0.6 is 34.3 Å². The van der Waals surface area contributed by atoms with Crippen molar-refractivity contribution in [2.24, 2.45) is 0 Å². The van der Waals surface area contributed by atoms with E-state index in [1.807, 2.05) is 11.3 Å². The molecule has 2 heterocycles. The summed E-state index contributed by atoms with van der Waals surface area (Å²) in [4.78, 5) is 8.61. The fourth-order valence-electron chi connectivity index (χ4n) is 2.20. The summed E-state index contributed by atoms with van der Waals surface area (Å²) < 4.78 is 0. The smallest absolute Gasteiger partial charge is 0.0941 e. The van der Waals surface area contributed by atoms with Crippen molar-refractivity contribution in [1.29, 1.82) is 0 Å². The van der Waals surface area contributed by atoms with E-state index in [0.717, 1.165) is 31.2 Å². The number of hydrogen-bond acceptors (Lipinski definition) is 4. The summed E-state index contributed by atoms with van der Waals surface area (Å²) in [5.41, 5.74) is 1.01. The summed E-state index contributed by atoms with van der Waals surface area (Å²) in [6, 6.07) is 5.17. The molecule has 0 radical (unpaired) electrons. The first-order chi connectivity index (χ1) is 9.35. The Bertz CT molecular complexity index is 505. The zero-order valence-electron chi connectivity index (χ0n) is 10.7. The molecule has 1 aliphatic carbocycles.